The second-order valence-electron chi connectivity index (χ2n) is 6.27. The molecule has 1 fully saturated rings. The molecule has 0 saturated carbocycles. The number of carbonyl (C=O) groups is 3. The van der Waals surface area contributed by atoms with Crippen LogP contribution < -0.4 is 5.32 Å². The molecule has 3 amide bonds. The summed E-state index contributed by atoms with van der Waals surface area (Å²) in [6.45, 7) is 0.126. The van der Waals surface area contributed by atoms with Gasteiger partial charge in [-0.1, -0.05) is 35.6 Å². The smallest absolute Gasteiger partial charge is 0.233 e. The lowest BCUT2D eigenvalue weighted by atomic mass is 9.85. The van der Waals surface area contributed by atoms with Crippen LogP contribution in [0.1, 0.15) is 19.3 Å². The summed E-state index contributed by atoms with van der Waals surface area (Å²) in [6, 6.07) is 7.65. The Kier molecular flexibility index (Phi) is 4.09. The van der Waals surface area contributed by atoms with Crippen molar-refractivity contribution >= 4 is 44.4 Å². The number of aromatic nitrogens is 1. The fraction of sp³-hybridized carbons (Fsp3) is 0.333. The highest BCUT2D eigenvalue weighted by molar-refractivity contribution is 7.22. The van der Waals surface area contributed by atoms with Gasteiger partial charge in [-0.3, -0.25) is 19.3 Å². The van der Waals surface area contributed by atoms with Gasteiger partial charge in [-0.2, -0.15) is 0 Å². The molecule has 1 saturated heterocycles. The van der Waals surface area contributed by atoms with Crippen LogP contribution in [-0.2, 0) is 14.4 Å². The van der Waals surface area contributed by atoms with E-state index >= 15 is 0 Å². The van der Waals surface area contributed by atoms with Crippen LogP contribution in [0.3, 0.4) is 0 Å². The lowest BCUT2D eigenvalue weighted by Gasteiger charge is -2.14. The first kappa shape index (κ1) is 16.0. The predicted octanol–water partition coefficient (Wildman–Crippen LogP) is 2.58. The normalized spacial score (nSPS) is 22.5. The number of likely N-dealkylation sites (tertiary alicyclic amines) is 1. The van der Waals surface area contributed by atoms with Crippen LogP contribution in [0.15, 0.2) is 36.4 Å². The molecule has 1 aromatic heterocycles. The number of fused-ring (bicyclic) bond motifs is 2. The standard InChI is InChI=1S/C18H17N3O3S/c22-15(20-18-19-13-7-3-4-8-14(13)25-18)9-10-21-16(23)11-5-1-2-6-12(11)17(21)24/h1-4,7-8,11-12H,5-6,9-10H2,(H,19,20,22)/t11-,12+. The maximum absolute atomic E-state index is 12.4. The summed E-state index contributed by atoms with van der Waals surface area (Å²) in [5.41, 5.74) is 0.837. The quantitative estimate of drug-likeness (QED) is 0.675. The summed E-state index contributed by atoms with van der Waals surface area (Å²) >= 11 is 1.40. The number of allylic oxidation sites excluding steroid dienone is 2. The molecule has 0 radical (unpaired) electrons. The number of benzene rings is 1. The first-order valence-corrected chi connectivity index (χ1v) is 9.11. The third-order valence-corrected chi connectivity index (χ3v) is 5.65. The maximum atomic E-state index is 12.4. The lowest BCUT2D eigenvalue weighted by Crippen LogP contribution is -2.34. The van der Waals surface area contributed by atoms with Gasteiger partial charge in [0, 0.05) is 13.0 Å². The van der Waals surface area contributed by atoms with Gasteiger partial charge >= 0.3 is 0 Å². The molecular formula is C18H17N3O3S. The van der Waals surface area contributed by atoms with Gasteiger partial charge in [0.15, 0.2) is 5.13 Å². The zero-order valence-electron chi connectivity index (χ0n) is 13.5. The largest absolute Gasteiger partial charge is 0.302 e. The van der Waals surface area contributed by atoms with Crippen LogP contribution in [0.5, 0.6) is 0 Å². The van der Waals surface area contributed by atoms with Gasteiger partial charge in [-0.25, -0.2) is 4.98 Å². The molecule has 1 aromatic carbocycles. The van der Waals surface area contributed by atoms with Crippen molar-refractivity contribution in [1.82, 2.24) is 9.88 Å². The molecule has 0 spiro atoms. The third kappa shape index (κ3) is 2.95. The van der Waals surface area contributed by atoms with E-state index in [1.807, 2.05) is 36.4 Å². The second kappa shape index (κ2) is 6.40. The van der Waals surface area contributed by atoms with Gasteiger partial charge < -0.3 is 5.32 Å². The molecule has 0 bridgehead atoms. The lowest BCUT2D eigenvalue weighted by molar-refractivity contribution is -0.140. The van der Waals surface area contributed by atoms with Gasteiger partial charge in [0.05, 0.1) is 22.1 Å². The van der Waals surface area contributed by atoms with E-state index in [0.717, 1.165) is 10.2 Å². The topological polar surface area (TPSA) is 79.4 Å². The van der Waals surface area contributed by atoms with Crippen LogP contribution in [0.25, 0.3) is 10.2 Å². The van der Waals surface area contributed by atoms with Crippen molar-refractivity contribution < 1.29 is 14.4 Å². The van der Waals surface area contributed by atoms with E-state index in [0.29, 0.717) is 18.0 Å². The van der Waals surface area contributed by atoms with E-state index in [9.17, 15) is 14.4 Å². The average Bonchev–Trinajstić information content (AvgIpc) is 3.13. The first-order chi connectivity index (χ1) is 12.1. The minimum absolute atomic E-state index is 0.0836. The van der Waals surface area contributed by atoms with Crippen molar-refractivity contribution in [2.24, 2.45) is 11.8 Å². The van der Waals surface area contributed by atoms with Crippen LogP contribution >= 0.6 is 11.3 Å². The number of nitrogens with zero attached hydrogens (tertiary/aromatic N) is 2. The third-order valence-electron chi connectivity index (χ3n) is 4.70. The van der Waals surface area contributed by atoms with Crippen molar-refractivity contribution in [3.05, 3.63) is 36.4 Å². The molecular weight excluding hydrogens is 338 g/mol. The Morgan fingerprint density at radius 2 is 1.84 bits per heavy atom. The molecule has 2 atom stereocenters. The maximum Gasteiger partial charge on any atom is 0.233 e. The summed E-state index contributed by atoms with van der Waals surface area (Å²) in [4.78, 5) is 42.5. The molecule has 2 heterocycles. The number of rotatable bonds is 4. The van der Waals surface area contributed by atoms with Gasteiger partial charge in [0.1, 0.15) is 0 Å². The average molecular weight is 355 g/mol. The van der Waals surface area contributed by atoms with E-state index in [1.54, 1.807) is 0 Å². The minimum atomic E-state index is -0.246. The highest BCUT2D eigenvalue weighted by Gasteiger charge is 2.46. The Labute approximate surface area is 148 Å². The number of amides is 3. The fourth-order valence-corrected chi connectivity index (χ4v) is 4.29. The summed E-state index contributed by atoms with van der Waals surface area (Å²) in [5.74, 6) is -1.03. The van der Waals surface area contributed by atoms with Gasteiger partial charge in [-0.05, 0) is 25.0 Å². The summed E-state index contributed by atoms with van der Waals surface area (Å²) in [7, 11) is 0. The summed E-state index contributed by atoms with van der Waals surface area (Å²) in [6.07, 6.45) is 5.22. The fourth-order valence-electron chi connectivity index (χ4n) is 3.41. The SMILES string of the molecule is O=C(CCN1C(=O)[C@H]2CC=CC[C@H]2C1=O)Nc1nc2ccccc2s1. The first-order valence-electron chi connectivity index (χ1n) is 8.29. The summed E-state index contributed by atoms with van der Waals surface area (Å²) in [5, 5.41) is 3.29. The van der Waals surface area contributed by atoms with E-state index in [1.165, 1.54) is 16.2 Å². The number of nitrogens with one attached hydrogen (secondary N) is 1. The van der Waals surface area contributed by atoms with Crippen molar-refractivity contribution in [3.63, 3.8) is 0 Å². The minimum Gasteiger partial charge on any atom is -0.302 e. The van der Waals surface area contributed by atoms with Crippen molar-refractivity contribution in [3.8, 4) is 0 Å². The van der Waals surface area contributed by atoms with Gasteiger partial charge in [0.25, 0.3) is 0 Å². The molecule has 25 heavy (non-hydrogen) atoms. The van der Waals surface area contributed by atoms with E-state index in [4.69, 9.17) is 0 Å². The van der Waals surface area contributed by atoms with Crippen LogP contribution in [-0.4, -0.2) is 34.2 Å². The molecule has 6 nitrogen and oxygen atoms in total. The van der Waals surface area contributed by atoms with E-state index in [2.05, 4.69) is 10.3 Å². The molecule has 0 unspecified atom stereocenters. The van der Waals surface area contributed by atoms with E-state index < -0.39 is 0 Å². The van der Waals surface area contributed by atoms with Crippen LogP contribution in [0.4, 0.5) is 5.13 Å². The molecule has 1 N–H and O–H groups in total. The van der Waals surface area contributed by atoms with Gasteiger partial charge in [0.2, 0.25) is 17.7 Å². The Bertz CT molecular complexity index is 830. The summed E-state index contributed by atoms with van der Waals surface area (Å²) < 4.78 is 0.999. The van der Waals surface area contributed by atoms with Gasteiger partial charge in [-0.15, -0.1) is 0 Å². The Morgan fingerprint density at radius 1 is 1.16 bits per heavy atom. The van der Waals surface area contributed by atoms with Crippen molar-refractivity contribution in [2.75, 3.05) is 11.9 Å². The number of hydrogen-bond acceptors (Lipinski definition) is 5. The number of carbonyl (C=O) groups excluding carboxylic acids is 3. The van der Waals surface area contributed by atoms with E-state index in [-0.39, 0.29) is 42.5 Å². The molecule has 1 aliphatic heterocycles. The van der Waals surface area contributed by atoms with Crippen LogP contribution in [0.2, 0.25) is 0 Å². The zero-order valence-corrected chi connectivity index (χ0v) is 14.3. The molecule has 1 aliphatic carbocycles. The number of para-hydroxylation sites is 1. The molecule has 2 aromatic rings. The Morgan fingerprint density at radius 3 is 2.52 bits per heavy atom. The number of hydrogen-bond donors (Lipinski definition) is 1. The highest BCUT2D eigenvalue weighted by atomic mass is 32.1. The highest BCUT2D eigenvalue weighted by Crippen LogP contribution is 2.35. The Balaban J connectivity index is 1.37. The monoisotopic (exact) mass is 355 g/mol. The number of imide groups is 1. The molecule has 4 rings (SSSR count). The number of thiazole rings is 1. The Hall–Kier alpha value is -2.54. The second-order valence-corrected chi connectivity index (χ2v) is 7.30. The molecule has 7 heteroatoms. The van der Waals surface area contributed by atoms with Crippen molar-refractivity contribution in [1.29, 1.82) is 0 Å². The number of anilines is 1. The molecule has 2 aliphatic rings. The van der Waals surface area contributed by atoms with Crippen molar-refractivity contribution in [2.45, 2.75) is 19.3 Å². The predicted molar refractivity (Wildman–Crippen MR) is 94.9 cm³/mol. The molecule has 128 valence electrons. The van der Waals surface area contributed by atoms with Crippen LogP contribution in [0, 0.1) is 11.8 Å². The zero-order chi connectivity index (χ0) is 17.4.